The Morgan fingerprint density at radius 3 is 2.54 bits per heavy atom. The van der Waals surface area contributed by atoms with Crippen LogP contribution < -0.4 is 4.74 Å². The van der Waals surface area contributed by atoms with Crippen molar-refractivity contribution in [2.75, 3.05) is 19.8 Å². The van der Waals surface area contributed by atoms with Gasteiger partial charge in [0.05, 0.1) is 18.8 Å². The van der Waals surface area contributed by atoms with Crippen molar-refractivity contribution in [3.8, 4) is 5.75 Å². The molecule has 0 saturated carbocycles. The third-order valence-corrected chi connectivity index (χ3v) is 4.26. The van der Waals surface area contributed by atoms with E-state index in [2.05, 4.69) is 4.57 Å². The van der Waals surface area contributed by atoms with Crippen LogP contribution in [-0.4, -0.2) is 36.3 Å². The molecule has 0 fully saturated rings. The molecule has 28 heavy (non-hydrogen) atoms. The van der Waals surface area contributed by atoms with Crippen molar-refractivity contribution in [3.63, 3.8) is 0 Å². The smallest absolute Gasteiger partial charge is 0.344 e. The van der Waals surface area contributed by atoms with Crippen molar-refractivity contribution in [1.82, 2.24) is 4.57 Å². The maximum absolute atomic E-state index is 12.2. The highest BCUT2D eigenvalue weighted by Gasteiger charge is 2.13. The third-order valence-electron chi connectivity index (χ3n) is 4.26. The number of carbonyl (C=O) groups is 2. The minimum Gasteiger partial charge on any atom is -0.482 e. The van der Waals surface area contributed by atoms with Gasteiger partial charge in [-0.1, -0.05) is 18.2 Å². The lowest BCUT2D eigenvalue weighted by Gasteiger charge is -2.11. The lowest BCUT2D eigenvalue weighted by atomic mass is 10.1. The molecule has 0 spiro atoms. The number of fused-ring (bicyclic) bond motifs is 1. The summed E-state index contributed by atoms with van der Waals surface area (Å²) in [4.78, 5) is 23.6. The molecule has 1 heterocycles. The summed E-state index contributed by atoms with van der Waals surface area (Å²) in [6.07, 6.45) is 1.96. The van der Waals surface area contributed by atoms with Crippen molar-refractivity contribution in [3.05, 3.63) is 65.9 Å². The van der Waals surface area contributed by atoms with Crippen molar-refractivity contribution in [2.45, 2.75) is 20.4 Å². The van der Waals surface area contributed by atoms with E-state index in [4.69, 9.17) is 14.2 Å². The standard InChI is InChI=1S/C22H23NO5/c1-3-26-21(24)15-28-18-9-10-20-16(13-18)11-12-23(20)14-17-7-5-6-8-19(17)22(25)27-4-2/h5-13H,3-4,14-15H2,1-2H3. The average molecular weight is 381 g/mol. The van der Waals surface area contributed by atoms with E-state index >= 15 is 0 Å². The Morgan fingerprint density at radius 2 is 1.75 bits per heavy atom. The lowest BCUT2D eigenvalue weighted by Crippen LogP contribution is -2.14. The number of aromatic nitrogens is 1. The zero-order valence-corrected chi connectivity index (χ0v) is 16.0. The maximum atomic E-state index is 12.2. The van der Waals surface area contributed by atoms with Crippen LogP contribution in [0.3, 0.4) is 0 Å². The number of nitrogens with zero attached hydrogens (tertiary/aromatic N) is 1. The molecule has 0 saturated heterocycles. The molecule has 0 N–H and O–H groups in total. The summed E-state index contributed by atoms with van der Waals surface area (Å²) >= 11 is 0. The predicted molar refractivity (Wildman–Crippen MR) is 106 cm³/mol. The molecule has 1 aromatic heterocycles. The van der Waals surface area contributed by atoms with Crippen LogP contribution in [-0.2, 0) is 20.8 Å². The summed E-state index contributed by atoms with van der Waals surface area (Å²) in [6.45, 7) is 4.65. The van der Waals surface area contributed by atoms with Crippen LogP contribution in [0.15, 0.2) is 54.7 Å². The van der Waals surface area contributed by atoms with E-state index in [9.17, 15) is 9.59 Å². The third kappa shape index (κ3) is 4.52. The Morgan fingerprint density at radius 1 is 0.964 bits per heavy atom. The first-order valence-corrected chi connectivity index (χ1v) is 9.24. The fraction of sp³-hybridized carbons (Fsp3) is 0.273. The van der Waals surface area contributed by atoms with Gasteiger partial charge in [-0.3, -0.25) is 0 Å². The van der Waals surface area contributed by atoms with Gasteiger partial charge in [-0.15, -0.1) is 0 Å². The normalized spacial score (nSPS) is 10.6. The summed E-state index contributed by atoms with van der Waals surface area (Å²) in [5, 5.41) is 0.981. The Bertz CT molecular complexity index is 976. The second kappa shape index (κ2) is 9.08. The van der Waals surface area contributed by atoms with Gasteiger partial charge in [0.15, 0.2) is 6.61 Å². The van der Waals surface area contributed by atoms with Gasteiger partial charge in [0, 0.05) is 23.6 Å². The van der Waals surface area contributed by atoms with Gasteiger partial charge in [-0.05, 0) is 49.7 Å². The molecule has 6 nitrogen and oxygen atoms in total. The molecule has 0 amide bonds. The van der Waals surface area contributed by atoms with E-state index in [1.165, 1.54) is 0 Å². The van der Waals surface area contributed by atoms with E-state index in [1.54, 1.807) is 19.9 Å². The molecule has 6 heteroatoms. The fourth-order valence-electron chi connectivity index (χ4n) is 3.00. The molecule has 2 aromatic carbocycles. The van der Waals surface area contributed by atoms with Crippen molar-refractivity contribution < 1.29 is 23.8 Å². The van der Waals surface area contributed by atoms with Gasteiger partial charge >= 0.3 is 11.9 Å². The van der Waals surface area contributed by atoms with Gasteiger partial charge < -0.3 is 18.8 Å². The molecule has 146 valence electrons. The Labute approximate surface area is 163 Å². The number of rotatable bonds is 8. The van der Waals surface area contributed by atoms with E-state index < -0.39 is 5.97 Å². The molecule has 0 unspecified atom stereocenters. The van der Waals surface area contributed by atoms with E-state index in [1.807, 2.05) is 48.7 Å². The first-order chi connectivity index (χ1) is 13.6. The summed E-state index contributed by atoms with van der Waals surface area (Å²) in [5.41, 5.74) is 2.46. The van der Waals surface area contributed by atoms with Gasteiger partial charge in [0.1, 0.15) is 5.75 Å². The van der Waals surface area contributed by atoms with Gasteiger partial charge in [-0.25, -0.2) is 9.59 Å². The molecule has 0 atom stereocenters. The second-order valence-electron chi connectivity index (χ2n) is 6.14. The van der Waals surface area contributed by atoms with Gasteiger partial charge in [0.2, 0.25) is 0 Å². The molecule has 0 bridgehead atoms. The number of hydrogen-bond acceptors (Lipinski definition) is 5. The average Bonchev–Trinajstić information content (AvgIpc) is 3.09. The van der Waals surface area contributed by atoms with Crippen molar-refractivity contribution in [2.24, 2.45) is 0 Å². The molecule has 0 aliphatic carbocycles. The minimum absolute atomic E-state index is 0.118. The number of esters is 2. The number of benzene rings is 2. The largest absolute Gasteiger partial charge is 0.482 e. The minimum atomic E-state index is -0.393. The zero-order valence-electron chi connectivity index (χ0n) is 16.0. The SMILES string of the molecule is CCOC(=O)COc1ccc2c(ccn2Cc2ccccc2C(=O)OCC)c1. The first kappa shape index (κ1) is 19.5. The molecule has 0 aliphatic rings. The highest BCUT2D eigenvalue weighted by Crippen LogP contribution is 2.24. The Hall–Kier alpha value is -3.28. The zero-order chi connectivity index (χ0) is 19.9. The van der Waals surface area contributed by atoms with Crippen LogP contribution in [0.4, 0.5) is 0 Å². The molecule has 0 aliphatic heterocycles. The van der Waals surface area contributed by atoms with E-state index in [0.29, 0.717) is 31.1 Å². The topological polar surface area (TPSA) is 66.8 Å². The summed E-state index contributed by atoms with van der Waals surface area (Å²) in [7, 11) is 0. The summed E-state index contributed by atoms with van der Waals surface area (Å²) in [5.74, 6) is -0.106. The monoisotopic (exact) mass is 381 g/mol. The van der Waals surface area contributed by atoms with Crippen LogP contribution >= 0.6 is 0 Å². The molecule has 0 radical (unpaired) electrons. The van der Waals surface area contributed by atoms with Crippen molar-refractivity contribution >= 4 is 22.8 Å². The maximum Gasteiger partial charge on any atom is 0.344 e. The molecule has 3 aromatic rings. The van der Waals surface area contributed by atoms with Crippen LogP contribution in [0, 0.1) is 0 Å². The highest BCUT2D eigenvalue weighted by molar-refractivity contribution is 5.91. The van der Waals surface area contributed by atoms with Crippen LogP contribution in [0.1, 0.15) is 29.8 Å². The number of hydrogen-bond donors (Lipinski definition) is 0. The van der Waals surface area contributed by atoms with Gasteiger partial charge in [-0.2, -0.15) is 0 Å². The second-order valence-corrected chi connectivity index (χ2v) is 6.14. The van der Waals surface area contributed by atoms with Gasteiger partial charge in [0.25, 0.3) is 0 Å². The van der Waals surface area contributed by atoms with Crippen LogP contribution in [0.25, 0.3) is 10.9 Å². The predicted octanol–water partition coefficient (Wildman–Crippen LogP) is 3.81. The van der Waals surface area contributed by atoms with E-state index in [-0.39, 0.29) is 12.6 Å². The molecular formula is C22H23NO5. The highest BCUT2D eigenvalue weighted by atomic mass is 16.6. The molecular weight excluding hydrogens is 358 g/mol. The Balaban J connectivity index is 1.78. The lowest BCUT2D eigenvalue weighted by molar-refractivity contribution is -0.145. The number of carbonyl (C=O) groups excluding carboxylic acids is 2. The quantitative estimate of drug-likeness (QED) is 0.555. The van der Waals surface area contributed by atoms with E-state index in [0.717, 1.165) is 16.5 Å². The molecule has 3 rings (SSSR count). The fourth-order valence-corrected chi connectivity index (χ4v) is 3.00. The first-order valence-electron chi connectivity index (χ1n) is 9.24. The van der Waals surface area contributed by atoms with Crippen LogP contribution in [0.2, 0.25) is 0 Å². The summed E-state index contributed by atoms with van der Waals surface area (Å²) in [6, 6.07) is 15.0. The summed E-state index contributed by atoms with van der Waals surface area (Å²) < 4.78 is 17.6. The van der Waals surface area contributed by atoms with Crippen LogP contribution in [0.5, 0.6) is 5.75 Å². The number of ether oxygens (including phenoxy) is 3. The Kier molecular flexibility index (Phi) is 6.32. The van der Waals surface area contributed by atoms with Crippen molar-refractivity contribution in [1.29, 1.82) is 0 Å².